The second kappa shape index (κ2) is 4.17. The Kier molecular flexibility index (Phi) is 2.84. The summed E-state index contributed by atoms with van der Waals surface area (Å²) in [4.78, 5) is 23.9. The summed E-state index contributed by atoms with van der Waals surface area (Å²) in [5.74, 6) is -0.601. The standard InChI is InChI=1S/C10H13N3O4/c14-6-10(3-4-10)5-11-9(15)7-1-2-8(12-7)13(16)17/h1-2,12,14H,3-6H2,(H,11,15). The molecule has 1 aliphatic carbocycles. The maximum absolute atomic E-state index is 11.6. The number of nitrogens with zero attached hydrogens (tertiary/aromatic N) is 1. The average Bonchev–Trinajstić information content (AvgIpc) is 2.92. The Morgan fingerprint density at radius 1 is 1.59 bits per heavy atom. The molecule has 2 rings (SSSR count). The average molecular weight is 239 g/mol. The number of hydrogen-bond acceptors (Lipinski definition) is 4. The van der Waals surface area contributed by atoms with Crippen LogP contribution in [0.1, 0.15) is 23.3 Å². The predicted octanol–water partition coefficient (Wildman–Crippen LogP) is 0.425. The molecule has 0 spiro atoms. The topological polar surface area (TPSA) is 108 Å². The van der Waals surface area contributed by atoms with E-state index in [1.165, 1.54) is 12.1 Å². The number of carbonyl (C=O) groups excluding carboxylic acids is 1. The third-order valence-electron chi connectivity index (χ3n) is 3.03. The number of rotatable bonds is 5. The highest BCUT2D eigenvalue weighted by Gasteiger charge is 2.42. The molecule has 1 aliphatic rings. The molecule has 3 N–H and O–H groups in total. The van der Waals surface area contributed by atoms with Crippen molar-refractivity contribution in [2.24, 2.45) is 5.41 Å². The van der Waals surface area contributed by atoms with Gasteiger partial charge in [-0.3, -0.25) is 4.79 Å². The molecular formula is C10H13N3O4. The van der Waals surface area contributed by atoms with Crippen LogP contribution in [0.3, 0.4) is 0 Å². The number of hydrogen-bond donors (Lipinski definition) is 3. The maximum atomic E-state index is 11.6. The normalized spacial score (nSPS) is 16.5. The minimum atomic E-state index is -0.590. The number of amides is 1. The molecule has 0 aliphatic heterocycles. The number of H-pyrrole nitrogens is 1. The Bertz CT molecular complexity index is 450. The van der Waals surface area contributed by atoms with Gasteiger partial charge in [0.1, 0.15) is 0 Å². The van der Waals surface area contributed by atoms with E-state index >= 15 is 0 Å². The smallest absolute Gasteiger partial charge is 0.321 e. The molecule has 0 saturated heterocycles. The van der Waals surface area contributed by atoms with Gasteiger partial charge in [-0.05, 0) is 23.8 Å². The van der Waals surface area contributed by atoms with E-state index in [-0.39, 0.29) is 23.5 Å². The fourth-order valence-corrected chi connectivity index (χ4v) is 1.55. The Labute approximate surface area is 97.0 Å². The van der Waals surface area contributed by atoms with Crippen LogP contribution in [-0.4, -0.2) is 34.1 Å². The summed E-state index contributed by atoms with van der Waals surface area (Å²) in [5, 5.41) is 22.1. The first kappa shape index (κ1) is 11.6. The SMILES string of the molecule is O=C(NCC1(CO)CC1)c1ccc([N+](=O)[O-])[nH]1. The molecular weight excluding hydrogens is 226 g/mol. The highest BCUT2D eigenvalue weighted by molar-refractivity contribution is 5.92. The van der Waals surface area contributed by atoms with E-state index in [2.05, 4.69) is 10.3 Å². The van der Waals surface area contributed by atoms with E-state index in [1.807, 2.05) is 0 Å². The summed E-state index contributed by atoms with van der Waals surface area (Å²) in [7, 11) is 0. The van der Waals surface area contributed by atoms with Gasteiger partial charge in [-0.15, -0.1) is 0 Å². The van der Waals surface area contributed by atoms with Crippen LogP contribution in [0.15, 0.2) is 12.1 Å². The lowest BCUT2D eigenvalue weighted by Gasteiger charge is -2.11. The second-order valence-electron chi connectivity index (χ2n) is 4.36. The molecule has 0 atom stereocenters. The second-order valence-corrected chi connectivity index (χ2v) is 4.36. The maximum Gasteiger partial charge on any atom is 0.321 e. The van der Waals surface area contributed by atoms with E-state index in [4.69, 9.17) is 5.11 Å². The van der Waals surface area contributed by atoms with Gasteiger partial charge < -0.3 is 20.5 Å². The van der Waals surface area contributed by atoms with Crippen molar-refractivity contribution in [1.29, 1.82) is 0 Å². The number of aliphatic hydroxyl groups is 1. The van der Waals surface area contributed by atoms with Crippen molar-refractivity contribution in [2.75, 3.05) is 13.2 Å². The van der Waals surface area contributed by atoms with E-state index in [0.717, 1.165) is 12.8 Å². The lowest BCUT2D eigenvalue weighted by molar-refractivity contribution is -0.389. The van der Waals surface area contributed by atoms with Gasteiger partial charge in [0.15, 0.2) is 5.69 Å². The number of aromatic amines is 1. The molecule has 0 bridgehead atoms. The van der Waals surface area contributed by atoms with Gasteiger partial charge in [0, 0.05) is 18.0 Å². The number of carbonyl (C=O) groups is 1. The van der Waals surface area contributed by atoms with Crippen LogP contribution >= 0.6 is 0 Å². The molecule has 17 heavy (non-hydrogen) atoms. The Morgan fingerprint density at radius 2 is 2.29 bits per heavy atom. The van der Waals surface area contributed by atoms with Crippen molar-refractivity contribution >= 4 is 11.7 Å². The Hall–Kier alpha value is -1.89. The van der Waals surface area contributed by atoms with Gasteiger partial charge >= 0.3 is 5.82 Å². The largest absolute Gasteiger partial charge is 0.396 e. The molecule has 0 aromatic carbocycles. The van der Waals surface area contributed by atoms with Gasteiger partial charge in [-0.1, -0.05) is 0 Å². The van der Waals surface area contributed by atoms with Gasteiger partial charge in [0.2, 0.25) is 0 Å². The van der Waals surface area contributed by atoms with Crippen LogP contribution in [0.5, 0.6) is 0 Å². The monoisotopic (exact) mass is 239 g/mol. The number of aromatic nitrogens is 1. The molecule has 0 radical (unpaired) electrons. The first-order chi connectivity index (χ1) is 8.06. The molecule has 1 fully saturated rings. The minimum Gasteiger partial charge on any atom is -0.396 e. The Balaban J connectivity index is 1.93. The van der Waals surface area contributed by atoms with E-state index in [9.17, 15) is 14.9 Å². The van der Waals surface area contributed by atoms with Gasteiger partial charge in [-0.2, -0.15) is 0 Å². The summed E-state index contributed by atoms with van der Waals surface area (Å²) in [6, 6.07) is 2.61. The van der Waals surface area contributed by atoms with E-state index in [0.29, 0.717) is 6.54 Å². The molecule has 1 amide bonds. The Morgan fingerprint density at radius 3 is 2.76 bits per heavy atom. The van der Waals surface area contributed by atoms with Crippen LogP contribution in [0.25, 0.3) is 0 Å². The zero-order chi connectivity index (χ0) is 12.5. The molecule has 92 valence electrons. The van der Waals surface area contributed by atoms with Gasteiger partial charge in [0.05, 0.1) is 6.61 Å². The zero-order valence-electron chi connectivity index (χ0n) is 9.10. The van der Waals surface area contributed by atoms with Crippen molar-refractivity contribution in [3.8, 4) is 0 Å². The lowest BCUT2D eigenvalue weighted by atomic mass is 10.1. The van der Waals surface area contributed by atoms with E-state index in [1.54, 1.807) is 0 Å². The quantitative estimate of drug-likeness (QED) is 0.511. The van der Waals surface area contributed by atoms with Crippen LogP contribution in [-0.2, 0) is 0 Å². The zero-order valence-corrected chi connectivity index (χ0v) is 9.10. The molecule has 7 nitrogen and oxygen atoms in total. The summed E-state index contributed by atoms with van der Waals surface area (Å²) in [5.41, 5.74) is -0.0146. The third kappa shape index (κ3) is 2.44. The first-order valence-electron chi connectivity index (χ1n) is 5.29. The summed E-state index contributed by atoms with van der Waals surface area (Å²) in [6.45, 7) is 0.452. The van der Waals surface area contributed by atoms with Crippen molar-refractivity contribution in [3.63, 3.8) is 0 Å². The van der Waals surface area contributed by atoms with E-state index < -0.39 is 10.8 Å². The van der Waals surface area contributed by atoms with Crippen molar-refractivity contribution in [2.45, 2.75) is 12.8 Å². The molecule has 7 heteroatoms. The molecule has 1 aromatic heterocycles. The predicted molar refractivity (Wildman–Crippen MR) is 58.5 cm³/mol. The molecule has 1 heterocycles. The van der Waals surface area contributed by atoms with Crippen LogP contribution in [0.4, 0.5) is 5.82 Å². The van der Waals surface area contributed by atoms with Crippen LogP contribution < -0.4 is 5.32 Å². The highest BCUT2D eigenvalue weighted by atomic mass is 16.6. The summed E-state index contributed by atoms with van der Waals surface area (Å²) < 4.78 is 0. The number of nitro groups is 1. The lowest BCUT2D eigenvalue weighted by Crippen LogP contribution is -2.32. The fraction of sp³-hybridized carbons (Fsp3) is 0.500. The first-order valence-corrected chi connectivity index (χ1v) is 5.29. The molecule has 1 saturated carbocycles. The molecule has 0 unspecified atom stereocenters. The van der Waals surface area contributed by atoms with Crippen LogP contribution in [0.2, 0.25) is 0 Å². The van der Waals surface area contributed by atoms with Crippen molar-refractivity contribution < 1.29 is 14.8 Å². The summed E-state index contributed by atoms with van der Waals surface area (Å²) in [6.07, 6.45) is 1.79. The highest BCUT2D eigenvalue weighted by Crippen LogP contribution is 2.44. The summed E-state index contributed by atoms with van der Waals surface area (Å²) >= 11 is 0. The number of nitrogens with one attached hydrogen (secondary N) is 2. The minimum absolute atomic E-state index is 0.0537. The fourth-order valence-electron chi connectivity index (χ4n) is 1.55. The third-order valence-corrected chi connectivity index (χ3v) is 3.03. The van der Waals surface area contributed by atoms with Gasteiger partial charge in [0.25, 0.3) is 5.91 Å². The van der Waals surface area contributed by atoms with Crippen molar-refractivity contribution in [3.05, 3.63) is 27.9 Å². The van der Waals surface area contributed by atoms with Crippen LogP contribution in [0, 0.1) is 15.5 Å². The van der Waals surface area contributed by atoms with Crippen molar-refractivity contribution in [1.82, 2.24) is 10.3 Å². The number of aliphatic hydroxyl groups excluding tert-OH is 1. The molecule has 1 aromatic rings. The van der Waals surface area contributed by atoms with Gasteiger partial charge in [-0.25, -0.2) is 4.98 Å².